The number of nitrogens with zero attached hydrogens (tertiary/aromatic N) is 3. The summed E-state index contributed by atoms with van der Waals surface area (Å²) in [7, 11) is 1.57. The number of ether oxygens (including phenoxy) is 1. The minimum Gasteiger partial charge on any atom is -0.389 e. The first-order valence-corrected chi connectivity index (χ1v) is 8.50. The molecule has 24 heavy (non-hydrogen) atoms. The highest BCUT2D eigenvalue weighted by atomic mass is 32.1. The van der Waals surface area contributed by atoms with E-state index in [2.05, 4.69) is 29.1 Å². The van der Waals surface area contributed by atoms with E-state index in [1.807, 2.05) is 12.1 Å². The molecule has 3 aromatic heterocycles. The number of rotatable bonds is 6. The maximum atomic E-state index is 9.91. The normalized spacial score (nSPS) is 12.5. The van der Waals surface area contributed by atoms with Crippen LogP contribution in [0.4, 0.5) is 5.82 Å². The van der Waals surface area contributed by atoms with Crippen LogP contribution in [0.5, 0.6) is 0 Å². The zero-order valence-electron chi connectivity index (χ0n) is 13.9. The van der Waals surface area contributed by atoms with Gasteiger partial charge >= 0.3 is 0 Å². The number of methoxy groups -OCH3 is 1. The van der Waals surface area contributed by atoms with Crippen molar-refractivity contribution in [3.8, 4) is 11.4 Å². The Bertz CT molecular complexity index is 835. The highest BCUT2D eigenvalue weighted by Crippen LogP contribution is 2.34. The Morgan fingerprint density at radius 2 is 2.17 bits per heavy atom. The Labute approximate surface area is 144 Å². The second kappa shape index (κ2) is 7.21. The van der Waals surface area contributed by atoms with Crippen molar-refractivity contribution in [2.45, 2.75) is 20.0 Å². The van der Waals surface area contributed by atoms with Crippen molar-refractivity contribution in [2.24, 2.45) is 0 Å². The van der Waals surface area contributed by atoms with E-state index in [-0.39, 0.29) is 6.61 Å². The molecule has 0 saturated carbocycles. The monoisotopic (exact) mass is 344 g/mol. The molecule has 0 aromatic carbocycles. The largest absolute Gasteiger partial charge is 0.389 e. The van der Waals surface area contributed by atoms with Gasteiger partial charge < -0.3 is 15.2 Å². The van der Waals surface area contributed by atoms with Gasteiger partial charge in [-0.1, -0.05) is 0 Å². The SMILES string of the molecule is COC[C@H](O)CNc1nc(-c2cccnc2)nc2sc(C)c(C)c12. The summed E-state index contributed by atoms with van der Waals surface area (Å²) >= 11 is 1.65. The number of anilines is 1. The third kappa shape index (κ3) is 3.38. The highest BCUT2D eigenvalue weighted by molar-refractivity contribution is 7.18. The van der Waals surface area contributed by atoms with Crippen LogP contribution in [0.3, 0.4) is 0 Å². The molecular weight excluding hydrogens is 324 g/mol. The molecule has 0 spiro atoms. The molecule has 0 amide bonds. The number of aliphatic hydroxyl groups excluding tert-OH is 1. The minimum atomic E-state index is -0.595. The third-order valence-electron chi connectivity index (χ3n) is 3.81. The molecule has 6 nitrogen and oxygen atoms in total. The van der Waals surface area contributed by atoms with E-state index in [9.17, 15) is 5.11 Å². The van der Waals surface area contributed by atoms with E-state index >= 15 is 0 Å². The Morgan fingerprint density at radius 1 is 1.33 bits per heavy atom. The topological polar surface area (TPSA) is 80.2 Å². The van der Waals surface area contributed by atoms with Crippen molar-refractivity contribution in [1.29, 1.82) is 0 Å². The van der Waals surface area contributed by atoms with Gasteiger partial charge in [-0.25, -0.2) is 9.97 Å². The summed E-state index contributed by atoms with van der Waals surface area (Å²) in [4.78, 5) is 15.6. The van der Waals surface area contributed by atoms with Crippen molar-refractivity contribution < 1.29 is 9.84 Å². The smallest absolute Gasteiger partial charge is 0.164 e. The summed E-state index contributed by atoms with van der Waals surface area (Å²) < 4.78 is 4.97. The number of aromatic nitrogens is 3. The number of aliphatic hydroxyl groups is 1. The number of thiophene rings is 1. The molecule has 0 aliphatic rings. The molecule has 0 saturated heterocycles. The molecule has 3 rings (SSSR count). The molecular formula is C17H20N4O2S. The van der Waals surface area contributed by atoms with Gasteiger partial charge in [-0.05, 0) is 31.5 Å². The van der Waals surface area contributed by atoms with Gasteiger partial charge in [0, 0.05) is 36.5 Å². The molecule has 1 atom stereocenters. The average Bonchev–Trinajstić information content (AvgIpc) is 2.88. The van der Waals surface area contributed by atoms with Crippen LogP contribution in [-0.2, 0) is 4.74 Å². The summed E-state index contributed by atoms with van der Waals surface area (Å²) in [6.07, 6.45) is 2.88. The molecule has 2 N–H and O–H groups in total. The first kappa shape index (κ1) is 16.8. The second-order valence-electron chi connectivity index (χ2n) is 5.59. The second-order valence-corrected chi connectivity index (χ2v) is 6.79. The van der Waals surface area contributed by atoms with Crippen LogP contribution in [0.25, 0.3) is 21.6 Å². The fourth-order valence-electron chi connectivity index (χ4n) is 2.47. The van der Waals surface area contributed by atoms with E-state index < -0.39 is 6.10 Å². The van der Waals surface area contributed by atoms with Crippen molar-refractivity contribution in [3.05, 3.63) is 35.0 Å². The molecule has 0 radical (unpaired) electrons. The maximum absolute atomic E-state index is 9.91. The van der Waals surface area contributed by atoms with Crippen molar-refractivity contribution in [3.63, 3.8) is 0 Å². The molecule has 3 heterocycles. The van der Waals surface area contributed by atoms with Gasteiger partial charge in [0.2, 0.25) is 0 Å². The standard InChI is InChI=1S/C17H20N4O2S/c1-10-11(2)24-17-14(10)16(19-8-13(22)9-23-3)20-15(21-17)12-5-4-6-18-7-12/h4-7,13,22H,8-9H2,1-3H3,(H,19,20,21)/t13-/m1/s1. The predicted molar refractivity (Wildman–Crippen MR) is 96.5 cm³/mol. The lowest BCUT2D eigenvalue weighted by molar-refractivity contribution is 0.0727. The highest BCUT2D eigenvalue weighted by Gasteiger charge is 2.16. The molecule has 126 valence electrons. The quantitative estimate of drug-likeness (QED) is 0.716. The molecule has 0 fully saturated rings. The Morgan fingerprint density at radius 3 is 2.88 bits per heavy atom. The van der Waals surface area contributed by atoms with Crippen molar-refractivity contribution >= 4 is 27.4 Å². The predicted octanol–water partition coefficient (Wildman–Crippen LogP) is 2.79. The Balaban J connectivity index is 2.04. The van der Waals surface area contributed by atoms with Crippen LogP contribution in [0.1, 0.15) is 10.4 Å². The Hall–Kier alpha value is -2.09. The molecule has 0 aliphatic carbocycles. The van der Waals surface area contributed by atoms with Crippen LogP contribution in [0, 0.1) is 13.8 Å². The molecule has 0 aliphatic heterocycles. The molecule has 7 heteroatoms. The lowest BCUT2D eigenvalue weighted by Gasteiger charge is -2.13. The van der Waals surface area contributed by atoms with Crippen molar-refractivity contribution in [1.82, 2.24) is 15.0 Å². The first-order valence-electron chi connectivity index (χ1n) is 7.69. The lowest BCUT2D eigenvalue weighted by Crippen LogP contribution is -2.24. The van der Waals surface area contributed by atoms with E-state index in [1.165, 1.54) is 4.88 Å². The molecule has 0 unspecified atom stereocenters. The number of pyridine rings is 1. The van der Waals surface area contributed by atoms with Crippen LogP contribution >= 0.6 is 11.3 Å². The van der Waals surface area contributed by atoms with E-state index in [0.717, 1.165) is 27.2 Å². The number of fused-ring (bicyclic) bond motifs is 1. The number of hydrogen-bond acceptors (Lipinski definition) is 7. The van der Waals surface area contributed by atoms with Crippen LogP contribution in [0.2, 0.25) is 0 Å². The zero-order chi connectivity index (χ0) is 17.1. The zero-order valence-corrected chi connectivity index (χ0v) is 14.7. The van der Waals surface area contributed by atoms with Gasteiger partial charge in [-0.15, -0.1) is 11.3 Å². The summed E-state index contributed by atoms with van der Waals surface area (Å²) in [5.74, 6) is 1.36. The lowest BCUT2D eigenvalue weighted by atomic mass is 10.2. The Kier molecular flexibility index (Phi) is 5.03. The minimum absolute atomic E-state index is 0.276. The molecule has 0 bridgehead atoms. The molecule has 3 aromatic rings. The van der Waals surface area contributed by atoms with Gasteiger partial charge in [0.25, 0.3) is 0 Å². The number of hydrogen-bond donors (Lipinski definition) is 2. The van der Waals surface area contributed by atoms with Crippen LogP contribution in [-0.4, -0.2) is 46.4 Å². The van der Waals surface area contributed by atoms with Crippen LogP contribution < -0.4 is 5.32 Å². The third-order valence-corrected chi connectivity index (χ3v) is 4.91. The number of aryl methyl sites for hydroxylation is 2. The van der Waals surface area contributed by atoms with Gasteiger partial charge in [0.05, 0.1) is 18.1 Å². The van der Waals surface area contributed by atoms with E-state index in [4.69, 9.17) is 9.72 Å². The van der Waals surface area contributed by atoms with E-state index in [1.54, 1.807) is 30.8 Å². The van der Waals surface area contributed by atoms with Gasteiger partial charge in [0.1, 0.15) is 10.6 Å². The number of nitrogens with one attached hydrogen (secondary N) is 1. The van der Waals surface area contributed by atoms with Crippen molar-refractivity contribution in [2.75, 3.05) is 25.6 Å². The van der Waals surface area contributed by atoms with Crippen LogP contribution in [0.15, 0.2) is 24.5 Å². The summed E-state index contributed by atoms with van der Waals surface area (Å²) in [6.45, 7) is 4.78. The van der Waals surface area contributed by atoms with Gasteiger partial charge in [-0.2, -0.15) is 0 Å². The summed E-state index contributed by atoms with van der Waals surface area (Å²) in [6, 6.07) is 3.80. The summed E-state index contributed by atoms with van der Waals surface area (Å²) in [5.41, 5.74) is 2.03. The fraction of sp³-hybridized carbons (Fsp3) is 0.353. The summed E-state index contributed by atoms with van der Waals surface area (Å²) in [5, 5.41) is 14.2. The fourth-order valence-corrected chi connectivity index (χ4v) is 3.50. The first-order chi connectivity index (χ1) is 11.6. The van der Waals surface area contributed by atoms with E-state index in [0.29, 0.717) is 12.4 Å². The maximum Gasteiger partial charge on any atom is 0.164 e. The van der Waals surface area contributed by atoms with Gasteiger partial charge in [-0.3, -0.25) is 4.98 Å². The average molecular weight is 344 g/mol. The van der Waals surface area contributed by atoms with Gasteiger partial charge in [0.15, 0.2) is 5.82 Å².